The number of benzene rings is 1. The third kappa shape index (κ3) is 2.27. The molecule has 2 rings (SSSR count). The maximum Gasteiger partial charge on any atom is 0.190 e. The Hall–Kier alpha value is -1.29. The van der Waals surface area contributed by atoms with E-state index in [0.29, 0.717) is 0 Å². The second-order valence-electron chi connectivity index (χ2n) is 3.51. The van der Waals surface area contributed by atoms with Gasteiger partial charge < -0.3 is 4.57 Å². The molecule has 4 heteroatoms. The molecule has 1 aromatic heterocycles. The number of hydrogen-bond acceptors (Lipinski definition) is 3. The second-order valence-corrected chi connectivity index (χ2v) is 4.28. The molecule has 84 valence electrons. The predicted octanol–water partition coefficient (Wildman–Crippen LogP) is 2.61. The van der Waals surface area contributed by atoms with Gasteiger partial charge in [0, 0.05) is 13.0 Å². The molecule has 0 bridgehead atoms. The molecule has 16 heavy (non-hydrogen) atoms. The number of hydrogen-bond donors (Lipinski definition) is 0. The van der Waals surface area contributed by atoms with Gasteiger partial charge in [0.1, 0.15) is 5.82 Å². The highest BCUT2D eigenvalue weighted by Gasteiger charge is 2.09. The van der Waals surface area contributed by atoms with Gasteiger partial charge in [0.15, 0.2) is 5.16 Å². The zero-order chi connectivity index (χ0) is 11.4. The van der Waals surface area contributed by atoms with Gasteiger partial charge in [-0.2, -0.15) is 0 Å². The summed E-state index contributed by atoms with van der Waals surface area (Å²) >= 11 is 1.64. The Morgan fingerprint density at radius 2 is 1.94 bits per heavy atom. The molecule has 0 radical (unpaired) electrons. The van der Waals surface area contributed by atoms with Crippen molar-refractivity contribution in [1.29, 1.82) is 0 Å². The lowest BCUT2D eigenvalue weighted by Crippen LogP contribution is -2.03. The van der Waals surface area contributed by atoms with Crippen molar-refractivity contribution in [3.8, 4) is 0 Å². The van der Waals surface area contributed by atoms with Gasteiger partial charge in [-0.05, 0) is 18.7 Å². The van der Waals surface area contributed by atoms with Crippen LogP contribution < -0.4 is 0 Å². The minimum Gasteiger partial charge on any atom is -0.306 e. The van der Waals surface area contributed by atoms with E-state index in [1.807, 2.05) is 12.3 Å². The van der Waals surface area contributed by atoms with Gasteiger partial charge in [0.25, 0.3) is 0 Å². The van der Waals surface area contributed by atoms with Gasteiger partial charge in [-0.1, -0.05) is 42.1 Å². The summed E-state index contributed by atoms with van der Waals surface area (Å²) in [5.74, 6) is 1.04. The molecule has 0 unspecified atom stereocenters. The van der Waals surface area contributed by atoms with E-state index in [0.717, 1.165) is 23.9 Å². The quantitative estimate of drug-likeness (QED) is 0.761. The summed E-state index contributed by atoms with van der Waals surface area (Å²) < 4.78 is 2.16. The number of nitrogens with zero attached hydrogens (tertiary/aromatic N) is 3. The topological polar surface area (TPSA) is 30.7 Å². The first-order valence-corrected chi connectivity index (χ1v) is 6.57. The highest BCUT2D eigenvalue weighted by atomic mass is 32.2. The first kappa shape index (κ1) is 11.2. The molecule has 1 aromatic carbocycles. The van der Waals surface area contributed by atoms with Crippen LogP contribution >= 0.6 is 11.8 Å². The van der Waals surface area contributed by atoms with Crippen molar-refractivity contribution in [2.45, 2.75) is 25.0 Å². The van der Waals surface area contributed by atoms with Gasteiger partial charge in [-0.25, -0.2) is 0 Å². The molecule has 2 aromatic rings. The molecule has 0 spiro atoms. The van der Waals surface area contributed by atoms with Crippen LogP contribution in [0.5, 0.6) is 0 Å². The monoisotopic (exact) mass is 233 g/mol. The first-order valence-electron chi connectivity index (χ1n) is 5.35. The summed E-state index contributed by atoms with van der Waals surface area (Å²) in [6, 6.07) is 10.4. The molecule has 0 aliphatic heterocycles. The van der Waals surface area contributed by atoms with E-state index in [2.05, 4.69) is 46.0 Å². The largest absolute Gasteiger partial charge is 0.306 e. The van der Waals surface area contributed by atoms with Crippen molar-refractivity contribution in [3.05, 3.63) is 41.7 Å². The molecule has 0 aliphatic rings. The van der Waals surface area contributed by atoms with Gasteiger partial charge in [-0.3, -0.25) is 0 Å². The SMILES string of the molecule is CCn1c(Cc2ccccc2)nnc1SC. The zero-order valence-corrected chi connectivity index (χ0v) is 10.4. The maximum absolute atomic E-state index is 4.25. The Bertz CT molecular complexity index is 451. The highest BCUT2D eigenvalue weighted by Crippen LogP contribution is 2.15. The Kier molecular flexibility index (Phi) is 3.62. The number of rotatable bonds is 4. The normalized spacial score (nSPS) is 10.6. The second kappa shape index (κ2) is 5.16. The molecule has 0 aliphatic carbocycles. The molecule has 3 nitrogen and oxygen atoms in total. The fourth-order valence-electron chi connectivity index (χ4n) is 1.70. The molecule has 0 amide bonds. The highest BCUT2D eigenvalue weighted by molar-refractivity contribution is 7.98. The summed E-state index contributed by atoms with van der Waals surface area (Å²) in [5.41, 5.74) is 1.28. The summed E-state index contributed by atoms with van der Waals surface area (Å²) in [6.45, 7) is 3.04. The van der Waals surface area contributed by atoms with Crippen LogP contribution in [-0.4, -0.2) is 21.0 Å². The van der Waals surface area contributed by atoms with Crippen molar-refractivity contribution in [1.82, 2.24) is 14.8 Å². The molecular formula is C12H15N3S. The Morgan fingerprint density at radius 1 is 1.19 bits per heavy atom. The lowest BCUT2D eigenvalue weighted by Gasteiger charge is -2.05. The van der Waals surface area contributed by atoms with Crippen molar-refractivity contribution in [2.75, 3.05) is 6.26 Å². The third-order valence-corrected chi connectivity index (χ3v) is 3.16. The van der Waals surface area contributed by atoms with E-state index in [1.54, 1.807) is 11.8 Å². The summed E-state index contributed by atoms with van der Waals surface area (Å²) in [5, 5.41) is 9.42. The smallest absolute Gasteiger partial charge is 0.190 e. The van der Waals surface area contributed by atoms with E-state index in [9.17, 15) is 0 Å². The Morgan fingerprint density at radius 3 is 2.56 bits per heavy atom. The fourth-order valence-corrected chi connectivity index (χ4v) is 2.27. The predicted molar refractivity (Wildman–Crippen MR) is 66.7 cm³/mol. The molecular weight excluding hydrogens is 218 g/mol. The molecule has 0 atom stereocenters. The first-order chi connectivity index (χ1) is 7.85. The average molecular weight is 233 g/mol. The van der Waals surface area contributed by atoms with Crippen LogP contribution in [0.15, 0.2) is 35.5 Å². The molecule has 0 saturated carbocycles. The van der Waals surface area contributed by atoms with E-state index in [4.69, 9.17) is 0 Å². The van der Waals surface area contributed by atoms with E-state index >= 15 is 0 Å². The molecule has 1 heterocycles. The fraction of sp³-hybridized carbons (Fsp3) is 0.333. The summed E-state index contributed by atoms with van der Waals surface area (Å²) in [7, 11) is 0. The van der Waals surface area contributed by atoms with Gasteiger partial charge in [0.05, 0.1) is 0 Å². The Labute approximate surface area is 99.9 Å². The van der Waals surface area contributed by atoms with Crippen LogP contribution in [0, 0.1) is 0 Å². The van der Waals surface area contributed by atoms with Crippen molar-refractivity contribution < 1.29 is 0 Å². The van der Waals surface area contributed by atoms with E-state index < -0.39 is 0 Å². The number of aromatic nitrogens is 3. The van der Waals surface area contributed by atoms with E-state index in [1.165, 1.54) is 5.56 Å². The van der Waals surface area contributed by atoms with Crippen molar-refractivity contribution in [3.63, 3.8) is 0 Å². The van der Waals surface area contributed by atoms with Gasteiger partial charge in [0.2, 0.25) is 0 Å². The number of thioether (sulfide) groups is 1. The zero-order valence-electron chi connectivity index (χ0n) is 9.55. The van der Waals surface area contributed by atoms with Gasteiger partial charge in [-0.15, -0.1) is 10.2 Å². The standard InChI is InChI=1S/C12H15N3S/c1-3-15-11(13-14-12(15)16-2)9-10-7-5-4-6-8-10/h4-8H,3,9H2,1-2H3. The molecule has 0 saturated heterocycles. The summed E-state index contributed by atoms with van der Waals surface area (Å²) in [6.07, 6.45) is 2.88. The maximum atomic E-state index is 4.25. The minimum absolute atomic E-state index is 0.849. The van der Waals surface area contributed by atoms with Crippen LogP contribution in [0.25, 0.3) is 0 Å². The summed E-state index contributed by atoms with van der Waals surface area (Å²) in [4.78, 5) is 0. The Balaban J connectivity index is 2.25. The lowest BCUT2D eigenvalue weighted by molar-refractivity contribution is 0.652. The van der Waals surface area contributed by atoms with Crippen LogP contribution in [0.3, 0.4) is 0 Å². The average Bonchev–Trinajstić information content (AvgIpc) is 2.72. The minimum atomic E-state index is 0.849. The van der Waals surface area contributed by atoms with Crippen LogP contribution in [0.2, 0.25) is 0 Å². The van der Waals surface area contributed by atoms with Crippen LogP contribution in [-0.2, 0) is 13.0 Å². The third-order valence-electron chi connectivity index (χ3n) is 2.50. The van der Waals surface area contributed by atoms with Crippen LogP contribution in [0.1, 0.15) is 18.3 Å². The van der Waals surface area contributed by atoms with E-state index in [-0.39, 0.29) is 0 Å². The lowest BCUT2D eigenvalue weighted by atomic mass is 10.1. The molecule has 0 N–H and O–H groups in total. The van der Waals surface area contributed by atoms with Crippen molar-refractivity contribution >= 4 is 11.8 Å². The van der Waals surface area contributed by atoms with Crippen LogP contribution in [0.4, 0.5) is 0 Å². The van der Waals surface area contributed by atoms with Gasteiger partial charge >= 0.3 is 0 Å². The van der Waals surface area contributed by atoms with Crippen molar-refractivity contribution in [2.24, 2.45) is 0 Å². The molecule has 0 fully saturated rings.